The quantitative estimate of drug-likeness (QED) is 0.331. The molecular weight excluding hydrogens is 172 g/mol. The summed E-state index contributed by atoms with van der Waals surface area (Å²) in [6.45, 7) is 0. The number of carbonyl (C=O) groups is 1. The Kier molecular flexibility index (Phi) is 6.25. The zero-order valence-corrected chi connectivity index (χ0v) is 7.63. The molecule has 7 heteroatoms. The second-order valence-corrected chi connectivity index (χ2v) is 2.75. The van der Waals surface area contributed by atoms with Crippen LogP contribution in [-0.4, -0.2) is 54.9 Å². The van der Waals surface area contributed by atoms with Crippen molar-refractivity contribution in [3.8, 4) is 0 Å². The third kappa shape index (κ3) is 8.15. The SMILES string of the molecule is COC(=O)CS(=O)(=O)O.[H-].[H-].[Mg+2]. The van der Waals surface area contributed by atoms with Gasteiger partial charge < -0.3 is 7.59 Å². The molecule has 0 spiro atoms. The number of carbonyl (C=O) groups excluding carboxylic acids is 1. The van der Waals surface area contributed by atoms with Gasteiger partial charge in [0.15, 0.2) is 5.75 Å². The predicted octanol–water partition coefficient (Wildman–Crippen LogP) is -1.11. The predicted molar refractivity (Wildman–Crippen MR) is 36.4 cm³/mol. The topological polar surface area (TPSA) is 80.7 Å². The van der Waals surface area contributed by atoms with Gasteiger partial charge in [-0.2, -0.15) is 8.42 Å². The maximum absolute atomic E-state index is 10.1. The monoisotopic (exact) mass is 180 g/mol. The molecule has 0 amide bonds. The molecule has 0 radical (unpaired) electrons. The second-order valence-electron chi connectivity index (χ2n) is 1.30. The van der Waals surface area contributed by atoms with Crippen LogP contribution in [0.1, 0.15) is 2.85 Å². The first kappa shape index (κ1) is 12.8. The van der Waals surface area contributed by atoms with Crippen molar-refractivity contribution in [2.45, 2.75) is 0 Å². The van der Waals surface area contributed by atoms with Crippen molar-refractivity contribution in [1.82, 2.24) is 0 Å². The number of hydrogen-bond acceptors (Lipinski definition) is 4. The third-order valence-corrected chi connectivity index (χ3v) is 1.13. The van der Waals surface area contributed by atoms with E-state index >= 15 is 0 Å². The van der Waals surface area contributed by atoms with Gasteiger partial charge in [0.1, 0.15) is 0 Å². The van der Waals surface area contributed by atoms with E-state index in [4.69, 9.17) is 4.55 Å². The summed E-state index contributed by atoms with van der Waals surface area (Å²) in [5.41, 5.74) is 0. The van der Waals surface area contributed by atoms with E-state index < -0.39 is 21.8 Å². The first-order valence-corrected chi connectivity index (χ1v) is 3.58. The average molecular weight is 180 g/mol. The molecule has 0 heterocycles. The Morgan fingerprint density at radius 3 is 2.20 bits per heavy atom. The fourth-order valence-corrected chi connectivity index (χ4v) is 0.624. The number of rotatable bonds is 2. The van der Waals surface area contributed by atoms with Gasteiger partial charge in [-0.25, -0.2) is 0 Å². The van der Waals surface area contributed by atoms with Crippen LogP contribution in [0.5, 0.6) is 0 Å². The Balaban J connectivity index is -0.000000107. The Hall–Kier alpha value is 0.146. The largest absolute Gasteiger partial charge is 2.00 e. The minimum absolute atomic E-state index is 0. The first-order chi connectivity index (χ1) is 3.95. The molecule has 0 aliphatic rings. The Morgan fingerprint density at radius 1 is 1.70 bits per heavy atom. The second kappa shape index (κ2) is 4.89. The van der Waals surface area contributed by atoms with E-state index in [0.717, 1.165) is 7.11 Å². The fraction of sp³-hybridized carbons (Fsp3) is 0.667. The van der Waals surface area contributed by atoms with Gasteiger partial charge in [0.2, 0.25) is 0 Å². The molecule has 58 valence electrons. The summed E-state index contributed by atoms with van der Waals surface area (Å²) in [4.78, 5) is 10.1. The van der Waals surface area contributed by atoms with Crippen LogP contribution >= 0.6 is 0 Å². The van der Waals surface area contributed by atoms with Gasteiger partial charge in [-0.3, -0.25) is 9.35 Å². The molecule has 10 heavy (non-hydrogen) atoms. The Labute approximate surface area is 77.6 Å². The van der Waals surface area contributed by atoms with E-state index in [1.807, 2.05) is 0 Å². The smallest absolute Gasteiger partial charge is 1.00 e. The summed E-state index contributed by atoms with van der Waals surface area (Å²) >= 11 is 0. The molecule has 0 aliphatic carbocycles. The van der Waals surface area contributed by atoms with Crippen molar-refractivity contribution in [2.75, 3.05) is 12.9 Å². The van der Waals surface area contributed by atoms with E-state index in [2.05, 4.69) is 4.74 Å². The van der Waals surface area contributed by atoms with Gasteiger partial charge in [0, 0.05) is 0 Å². The normalized spacial score (nSPS) is 9.80. The van der Waals surface area contributed by atoms with Crippen molar-refractivity contribution in [2.24, 2.45) is 0 Å². The summed E-state index contributed by atoms with van der Waals surface area (Å²) in [6.07, 6.45) is 0. The van der Waals surface area contributed by atoms with Crippen LogP contribution in [0.25, 0.3) is 0 Å². The number of ether oxygens (including phenoxy) is 1. The summed E-state index contributed by atoms with van der Waals surface area (Å²) in [7, 11) is -3.17. The van der Waals surface area contributed by atoms with Crippen LogP contribution in [-0.2, 0) is 19.6 Å². The van der Waals surface area contributed by atoms with Crippen LogP contribution in [0.4, 0.5) is 0 Å². The number of hydrogen-bond donors (Lipinski definition) is 1. The maximum Gasteiger partial charge on any atom is 2.00 e. The molecule has 0 unspecified atom stereocenters. The summed E-state index contributed by atoms with van der Waals surface area (Å²) in [5, 5.41) is 0. The van der Waals surface area contributed by atoms with E-state index in [0.29, 0.717) is 0 Å². The van der Waals surface area contributed by atoms with E-state index in [1.165, 1.54) is 0 Å². The van der Waals surface area contributed by atoms with Gasteiger partial charge in [-0.15, -0.1) is 0 Å². The molecule has 0 saturated heterocycles. The summed E-state index contributed by atoms with van der Waals surface area (Å²) < 4.78 is 31.6. The molecule has 0 saturated carbocycles. The van der Waals surface area contributed by atoms with Crippen LogP contribution in [0.2, 0.25) is 0 Å². The van der Waals surface area contributed by atoms with Gasteiger partial charge in [-0.05, 0) is 0 Å². The molecule has 0 aromatic heterocycles. The molecule has 0 aliphatic heterocycles. The van der Waals surface area contributed by atoms with Crippen LogP contribution in [0.15, 0.2) is 0 Å². The van der Waals surface area contributed by atoms with Gasteiger partial charge in [0.05, 0.1) is 7.11 Å². The molecule has 0 bridgehead atoms. The van der Waals surface area contributed by atoms with Gasteiger partial charge in [-0.1, -0.05) is 0 Å². The standard InChI is InChI=1S/C3H6O5S.Mg.2H/c1-8-3(4)2-9(5,6)7;;;/h2H2,1H3,(H,5,6,7);;;/q;+2;2*-1. The summed E-state index contributed by atoms with van der Waals surface area (Å²) in [6, 6.07) is 0. The Morgan fingerprint density at radius 2 is 2.10 bits per heavy atom. The Bertz CT molecular complexity index is 203. The van der Waals surface area contributed by atoms with Crippen LogP contribution in [0, 0.1) is 0 Å². The van der Waals surface area contributed by atoms with Crippen molar-refractivity contribution >= 4 is 39.1 Å². The van der Waals surface area contributed by atoms with Crippen LogP contribution < -0.4 is 0 Å². The number of methoxy groups -OCH3 is 1. The fourth-order valence-electron chi connectivity index (χ4n) is 0.208. The minimum Gasteiger partial charge on any atom is -1.00 e. The van der Waals surface area contributed by atoms with Crippen LogP contribution in [0.3, 0.4) is 0 Å². The van der Waals surface area contributed by atoms with Crippen molar-refractivity contribution < 1.29 is 25.4 Å². The van der Waals surface area contributed by atoms with Crippen molar-refractivity contribution in [3.63, 3.8) is 0 Å². The molecule has 5 nitrogen and oxygen atoms in total. The number of esters is 1. The zero-order chi connectivity index (χ0) is 7.49. The molecule has 1 N–H and O–H groups in total. The van der Waals surface area contributed by atoms with Crippen molar-refractivity contribution in [3.05, 3.63) is 0 Å². The summed E-state index contributed by atoms with van der Waals surface area (Å²) in [5.74, 6) is -1.96. The molecular formula is C3H8MgO5S. The van der Waals surface area contributed by atoms with E-state index in [1.54, 1.807) is 0 Å². The van der Waals surface area contributed by atoms with Crippen molar-refractivity contribution in [1.29, 1.82) is 0 Å². The molecule has 0 aromatic carbocycles. The third-order valence-electron chi connectivity index (χ3n) is 0.528. The molecule has 0 fully saturated rings. The van der Waals surface area contributed by atoms with E-state index in [9.17, 15) is 13.2 Å². The zero-order valence-electron chi connectivity index (χ0n) is 7.40. The minimum atomic E-state index is -4.21. The van der Waals surface area contributed by atoms with Gasteiger partial charge >= 0.3 is 29.0 Å². The molecule has 0 aromatic rings. The maximum atomic E-state index is 10.1. The average Bonchev–Trinajstić information content (AvgIpc) is 1.62. The molecule has 0 atom stereocenters. The first-order valence-electron chi connectivity index (χ1n) is 1.97. The van der Waals surface area contributed by atoms with Gasteiger partial charge in [0.25, 0.3) is 10.1 Å². The molecule has 0 rings (SSSR count). The van der Waals surface area contributed by atoms with E-state index in [-0.39, 0.29) is 25.9 Å².